The van der Waals surface area contributed by atoms with Crippen LogP contribution in [0.4, 0.5) is 0 Å². The Hall–Kier alpha value is -2.73. The molecule has 0 spiro atoms. The molecule has 2 aromatic rings. The van der Waals surface area contributed by atoms with Crippen LogP contribution in [0, 0.1) is 0 Å². The van der Waals surface area contributed by atoms with Gasteiger partial charge in [-0.25, -0.2) is 0 Å². The molecule has 0 aliphatic heterocycles. The van der Waals surface area contributed by atoms with Gasteiger partial charge >= 0.3 is 0 Å². The normalized spacial score (nSPS) is 12.6. The summed E-state index contributed by atoms with van der Waals surface area (Å²) in [6.45, 7) is 5.75. The van der Waals surface area contributed by atoms with Crippen LogP contribution in [0.2, 0.25) is 5.02 Å². The first-order chi connectivity index (χ1) is 14.3. The first-order valence-corrected chi connectivity index (χ1v) is 10.3. The lowest BCUT2D eigenvalue weighted by atomic mass is 10.1. The predicted molar refractivity (Wildman–Crippen MR) is 118 cm³/mol. The highest BCUT2D eigenvalue weighted by Crippen LogP contribution is 2.17. The molecule has 162 valence electrons. The fraction of sp³-hybridized carbons (Fsp3) is 0.391. The fourth-order valence-electron chi connectivity index (χ4n) is 2.73. The smallest absolute Gasteiger partial charge is 0.261 e. The van der Waals surface area contributed by atoms with Gasteiger partial charge in [-0.1, -0.05) is 30.7 Å². The monoisotopic (exact) mass is 432 g/mol. The average molecular weight is 433 g/mol. The van der Waals surface area contributed by atoms with Crippen molar-refractivity contribution >= 4 is 23.4 Å². The van der Waals surface area contributed by atoms with Crippen LogP contribution in [-0.2, 0) is 16.1 Å². The summed E-state index contributed by atoms with van der Waals surface area (Å²) in [6.07, 6.45) is 0.810. The second-order valence-corrected chi connectivity index (χ2v) is 7.54. The molecular weight excluding hydrogens is 404 g/mol. The molecule has 0 aliphatic rings. The standard InChI is InChI=1S/C23H29ClN2O4/c1-5-16(2)25-23(28)17(3)26(14-18-6-10-20(29-4)11-7-18)22(27)15-30-21-12-8-19(24)9-13-21/h6-13,16-17H,5,14-15H2,1-4H3,(H,25,28). The molecule has 0 aromatic heterocycles. The molecule has 0 heterocycles. The molecule has 1 N–H and O–H groups in total. The first-order valence-electron chi connectivity index (χ1n) is 9.95. The molecule has 0 radical (unpaired) electrons. The summed E-state index contributed by atoms with van der Waals surface area (Å²) >= 11 is 5.88. The Morgan fingerprint density at radius 3 is 2.20 bits per heavy atom. The van der Waals surface area contributed by atoms with E-state index >= 15 is 0 Å². The number of nitrogens with one attached hydrogen (secondary N) is 1. The summed E-state index contributed by atoms with van der Waals surface area (Å²) in [5.74, 6) is 0.782. The molecule has 0 fully saturated rings. The zero-order valence-electron chi connectivity index (χ0n) is 17.9. The number of carbonyl (C=O) groups excluding carboxylic acids is 2. The van der Waals surface area contributed by atoms with E-state index in [9.17, 15) is 9.59 Å². The number of methoxy groups -OCH3 is 1. The Morgan fingerprint density at radius 2 is 1.63 bits per heavy atom. The molecule has 30 heavy (non-hydrogen) atoms. The third kappa shape index (κ3) is 6.95. The van der Waals surface area contributed by atoms with Crippen LogP contribution in [0.3, 0.4) is 0 Å². The highest BCUT2D eigenvalue weighted by Gasteiger charge is 2.27. The maximum Gasteiger partial charge on any atom is 0.261 e. The van der Waals surface area contributed by atoms with E-state index in [0.717, 1.165) is 17.7 Å². The minimum Gasteiger partial charge on any atom is -0.497 e. The second-order valence-electron chi connectivity index (χ2n) is 7.11. The van der Waals surface area contributed by atoms with Crippen LogP contribution in [0.1, 0.15) is 32.8 Å². The van der Waals surface area contributed by atoms with E-state index in [2.05, 4.69) is 5.32 Å². The quantitative estimate of drug-likeness (QED) is 0.614. The first kappa shape index (κ1) is 23.5. The molecule has 2 atom stereocenters. The minimum atomic E-state index is -0.651. The van der Waals surface area contributed by atoms with E-state index in [0.29, 0.717) is 10.8 Å². The predicted octanol–water partition coefficient (Wildman–Crippen LogP) is 4.06. The zero-order valence-corrected chi connectivity index (χ0v) is 18.6. The Morgan fingerprint density at radius 1 is 1.03 bits per heavy atom. The topological polar surface area (TPSA) is 67.9 Å². The number of benzene rings is 2. The molecular formula is C23H29ClN2O4. The SMILES string of the molecule is CCC(C)NC(=O)C(C)N(Cc1ccc(OC)cc1)C(=O)COc1ccc(Cl)cc1. The van der Waals surface area contributed by atoms with Gasteiger partial charge in [-0.2, -0.15) is 0 Å². The van der Waals surface area contributed by atoms with Gasteiger partial charge in [0.1, 0.15) is 17.5 Å². The van der Waals surface area contributed by atoms with E-state index < -0.39 is 6.04 Å². The summed E-state index contributed by atoms with van der Waals surface area (Å²) in [5, 5.41) is 3.53. The number of halogens is 1. The Kier molecular flexibility index (Phi) is 8.99. The van der Waals surface area contributed by atoms with Crippen molar-refractivity contribution in [3.8, 4) is 11.5 Å². The molecule has 2 rings (SSSR count). The van der Waals surface area contributed by atoms with Crippen molar-refractivity contribution in [3.05, 3.63) is 59.1 Å². The maximum atomic E-state index is 13.0. The summed E-state index contributed by atoms with van der Waals surface area (Å²) in [6, 6.07) is 13.6. The van der Waals surface area contributed by atoms with Crippen molar-refractivity contribution in [1.29, 1.82) is 0 Å². The number of amides is 2. The van der Waals surface area contributed by atoms with Crippen molar-refractivity contribution in [1.82, 2.24) is 10.2 Å². The summed E-state index contributed by atoms with van der Waals surface area (Å²) in [7, 11) is 1.60. The molecule has 2 unspecified atom stereocenters. The lowest BCUT2D eigenvalue weighted by molar-refractivity contribution is -0.142. The Balaban J connectivity index is 2.14. The highest BCUT2D eigenvalue weighted by atomic mass is 35.5. The van der Waals surface area contributed by atoms with Crippen molar-refractivity contribution in [2.75, 3.05) is 13.7 Å². The third-order valence-electron chi connectivity index (χ3n) is 4.86. The van der Waals surface area contributed by atoms with Gasteiger partial charge in [-0.3, -0.25) is 9.59 Å². The molecule has 2 aromatic carbocycles. The van der Waals surface area contributed by atoms with Crippen LogP contribution in [0.15, 0.2) is 48.5 Å². The van der Waals surface area contributed by atoms with Gasteiger partial charge in [0, 0.05) is 17.6 Å². The van der Waals surface area contributed by atoms with Gasteiger partial charge in [0.25, 0.3) is 5.91 Å². The van der Waals surface area contributed by atoms with Crippen molar-refractivity contribution in [2.45, 2.75) is 45.8 Å². The largest absolute Gasteiger partial charge is 0.497 e. The number of ether oxygens (including phenoxy) is 2. The molecule has 0 saturated heterocycles. The molecule has 0 saturated carbocycles. The Labute approximate surface area is 183 Å². The minimum absolute atomic E-state index is 0.0307. The summed E-state index contributed by atoms with van der Waals surface area (Å²) in [5.41, 5.74) is 0.888. The number of nitrogens with zero attached hydrogens (tertiary/aromatic N) is 1. The van der Waals surface area contributed by atoms with Crippen LogP contribution in [0.5, 0.6) is 11.5 Å². The van der Waals surface area contributed by atoms with Gasteiger partial charge in [0.05, 0.1) is 7.11 Å². The Bertz CT molecular complexity index is 824. The summed E-state index contributed by atoms with van der Waals surface area (Å²) < 4.78 is 10.8. The van der Waals surface area contributed by atoms with Crippen molar-refractivity contribution < 1.29 is 19.1 Å². The molecule has 2 amide bonds. The van der Waals surface area contributed by atoms with Gasteiger partial charge in [-0.15, -0.1) is 0 Å². The van der Waals surface area contributed by atoms with Crippen LogP contribution < -0.4 is 14.8 Å². The lowest BCUT2D eigenvalue weighted by Gasteiger charge is -2.29. The molecule has 6 nitrogen and oxygen atoms in total. The van der Waals surface area contributed by atoms with E-state index in [4.69, 9.17) is 21.1 Å². The van der Waals surface area contributed by atoms with E-state index in [1.54, 1.807) is 38.3 Å². The van der Waals surface area contributed by atoms with Crippen molar-refractivity contribution in [3.63, 3.8) is 0 Å². The second kappa shape index (κ2) is 11.5. The number of hydrogen-bond acceptors (Lipinski definition) is 4. The highest BCUT2D eigenvalue weighted by molar-refractivity contribution is 6.30. The molecule has 0 aliphatic carbocycles. The van der Waals surface area contributed by atoms with E-state index in [1.807, 2.05) is 38.1 Å². The fourth-order valence-corrected chi connectivity index (χ4v) is 2.86. The van der Waals surface area contributed by atoms with Gasteiger partial charge in [0.2, 0.25) is 5.91 Å². The van der Waals surface area contributed by atoms with Crippen LogP contribution in [0.25, 0.3) is 0 Å². The van der Waals surface area contributed by atoms with Crippen molar-refractivity contribution in [2.24, 2.45) is 0 Å². The summed E-state index contributed by atoms with van der Waals surface area (Å²) in [4.78, 5) is 27.2. The number of carbonyl (C=O) groups is 2. The lowest BCUT2D eigenvalue weighted by Crippen LogP contribution is -2.50. The molecule has 7 heteroatoms. The van der Waals surface area contributed by atoms with E-state index in [-0.39, 0.29) is 31.0 Å². The van der Waals surface area contributed by atoms with Crippen LogP contribution >= 0.6 is 11.6 Å². The van der Waals surface area contributed by atoms with E-state index in [1.165, 1.54) is 4.90 Å². The zero-order chi connectivity index (χ0) is 22.1. The number of hydrogen-bond donors (Lipinski definition) is 1. The third-order valence-corrected chi connectivity index (χ3v) is 5.11. The number of rotatable bonds is 10. The van der Waals surface area contributed by atoms with Gasteiger partial charge in [0.15, 0.2) is 6.61 Å². The van der Waals surface area contributed by atoms with Crippen LogP contribution in [-0.4, -0.2) is 42.5 Å². The molecule has 0 bridgehead atoms. The maximum absolute atomic E-state index is 13.0. The average Bonchev–Trinajstić information content (AvgIpc) is 2.76. The van der Waals surface area contributed by atoms with Gasteiger partial charge in [-0.05, 0) is 62.2 Å². The van der Waals surface area contributed by atoms with Gasteiger partial charge < -0.3 is 19.7 Å².